The van der Waals surface area contributed by atoms with Gasteiger partial charge in [-0.25, -0.2) is 9.38 Å². The van der Waals surface area contributed by atoms with E-state index in [1.165, 1.54) is 0 Å². The second kappa shape index (κ2) is 11.5. The van der Waals surface area contributed by atoms with Gasteiger partial charge in [0.15, 0.2) is 5.96 Å². The van der Waals surface area contributed by atoms with E-state index in [1.54, 1.807) is 6.07 Å². The standard InChI is InChI=1S/C24H38FN5O2/c1-4-26-24(28-19-7-11-30(12-8-19)23(32)17(2)3)27-16-18-5-6-22(21(25)15-18)29-13-9-20(31)10-14-29/h5-6,15,17,19-20,31H,4,7-14,16H2,1-3H3,(H2,26,27,28). The number of hydrogen-bond donors (Lipinski definition) is 3. The molecule has 7 nitrogen and oxygen atoms in total. The molecule has 178 valence electrons. The van der Waals surface area contributed by atoms with E-state index in [0.29, 0.717) is 38.2 Å². The van der Waals surface area contributed by atoms with Crippen molar-refractivity contribution in [3.63, 3.8) is 0 Å². The molecule has 2 aliphatic rings. The smallest absolute Gasteiger partial charge is 0.225 e. The molecule has 0 unspecified atom stereocenters. The molecular weight excluding hydrogens is 409 g/mol. The molecule has 1 amide bonds. The number of aliphatic imine (C=N–C) groups is 1. The number of hydrogen-bond acceptors (Lipinski definition) is 4. The van der Waals surface area contributed by atoms with E-state index in [4.69, 9.17) is 0 Å². The molecule has 2 heterocycles. The zero-order valence-electron chi connectivity index (χ0n) is 19.6. The quantitative estimate of drug-likeness (QED) is 0.461. The lowest BCUT2D eigenvalue weighted by molar-refractivity contribution is -0.135. The first-order chi connectivity index (χ1) is 15.4. The maximum atomic E-state index is 14.7. The lowest BCUT2D eigenvalue weighted by Gasteiger charge is -2.34. The van der Waals surface area contributed by atoms with Crippen molar-refractivity contribution in [2.45, 2.75) is 65.1 Å². The highest BCUT2D eigenvalue weighted by Gasteiger charge is 2.25. The zero-order valence-corrected chi connectivity index (χ0v) is 19.6. The Kier molecular flexibility index (Phi) is 8.73. The normalized spacial score (nSPS) is 18.9. The summed E-state index contributed by atoms with van der Waals surface area (Å²) in [6.07, 6.45) is 2.84. The molecule has 2 fully saturated rings. The van der Waals surface area contributed by atoms with Crippen LogP contribution >= 0.6 is 0 Å². The second-order valence-electron chi connectivity index (χ2n) is 9.10. The number of carbonyl (C=O) groups is 1. The fourth-order valence-electron chi connectivity index (χ4n) is 4.31. The van der Waals surface area contributed by atoms with Crippen LogP contribution < -0.4 is 15.5 Å². The Morgan fingerprint density at radius 1 is 1.19 bits per heavy atom. The molecule has 1 aromatic rings. The monoisotopic (exact) mass is 447 g/mol. The average Bonchev–Trinajstić information content (AvgIpc) is 2.78. The SMILES string of the molecule is CCNC(=NCc1ccc(N2CCC(O)CC2)c(F)c1)NC1CCN(C(=O)C(C)C)CC1. The average molecular weight is 448 g/mol. The Bertz CT molecular complexity index is 785. The van der Waals surface area contributed by atoms with Crippen LogP contribution in [0, 0.1) is 11.7 Å². The number of amides is 1. The zero-order chi connectivity index (χ0) is 23.1. The van der Waals surface area contributed by atoms with Crippen molar-refractivity contribution < 1.29 is 14.3 Å². The number of benzene rings is 1. The Balaban J connectivity index is 1.56. The van der Waals surface area contributed by atoms with E-state index in [0.717, 1.165) is 44.0 Å². The molecular formula is C24H38FN5O2. The number of rotatable bonds is 6. The Labute approximate surface area is 191 Å². The summed E-state index contributed by atoms with van der Waals surface area (Å²) in [5, 5.41) is 16.4. The van der Waals surface area contributed by atoms with Crippen molar-refractivity contribution in [2.75, 3.05) is 37.6 Å². The van der Waals surface area contributed by atoms with Gasteiger partial charge in [0.25, 0.3) is 0 Å². The number of piperidine rings is 2. The lowest BCUT2D eigenvalue weighted by atomic mass is 10.0. The number of aliphatic hydroxyl groups excluding tert-OH is 1. The molecule has 0 aliphatic carbocycles. The first-order valence-electron chi connectivity index (χ1n) is 11.9. The molecule has 0 saturated carbocycles. The minimum atomic E-state index is -0.275. The molecule has 0 spiro atoms. The predicted molar refractivity (Wildman–Crippen MR) is 126 cm³/mol. The maximum Gasteiger partial charge on any atom is 0.225 e. The highest BCUT2D eigenvalue weighted by molar-refractivity contribution is 5.80. The number of nitrogens with zero attached hydrogens (tertiary/aromatic N) is 3. The van der Waals surface area contributed by atoms with Crippen LogP contribution in [-0.4, -0.2) is 66.7 Å². The van der Waals surface area contributed by atoms with Gasteiger partial charge in [-0.15, -0.1) is 0 Å². The summed E-state index contributed by atoms with van der Waals surface area (Å²) >= 11 is 0. The minimum absolute atomic E-state index is 0.0340. The summed E-state index contributed by atoms with van der Waals surface area (Å²) < 4.78 is 14.7. The third-order valence-electron chi connectivity index (χ3n) is 6.22. The van der Waals surface area contributed by atoms with Gasteiger partial charge in [0.1, 0.15) is 5.82 Å². The summed E-state index contributed by atoms with van der Waals surface area (Å²) in [7, 11) is 0. The van der Waals surface area contributed by atoms with Crippen LogP contribution in [0.25, 0.3) is 0 Å². The van der Waals surface area contributed by atoms with Crippen molar-refractivity contribution in [3.05, 3.63) is 29.6 Å². The van der Waals surface area contributed by atoms with Gasteiger partial charge >= 0.3 is 0 Å². The number of likely N-dealkylation sites (tertiary alicyclic amines) is 1. The lowest BCUT2D eigenvalue weighted by Crippen LogP contribution is -2.50. The fraction of sp³-hybridized carbons (Fsp3) is 0.667. The summed E-state index contributed by atoms with van der Waals surface area (Å²) in [4.78, 5) is 20.8. The summed E-state index contributed by atoms with van der Waals surface area (Å²) in [5.74, 6) is 0.729. The van der Waals surface area contributed by atoms with Crippen LogP contribution in [0.2, 0.25) is 0 Å². The molecule has 0 aromatic heterocycles. The van der Waals surface area contributed by atoms with E-state index < -0.39 is 0 Å². The third kappa shape index (κ3) is 6.58. The van der Waals surface area contributed by atoms with Gasteiger partial charge in [-0.05, 0) is 50.3 Å². The molecule has 2 aliphatic heterocycles. The van der Waals surface area contributed by atoms with Crippen molar-refractivity contribution in [3.8, 4) is 0 Å². The molecule has 0 radical (unpaired) electrons. The van der Waals surface area contributed by atoms with E-state index in [2.05, 4.69) is 15.6 Å². The van der Waals surface area contributed by atoms with E-state index in [9.17, 15) is 14.3 Å². The molecule has 0 atom stereocenters. The van der Waals surface area contributed by atoms with Gasteiger partial charge in [-0.3, -0.25) is 4.79 Å². The van der Waals surface area contributed by atoms with Crippen molar-refractivity contribution >= 4 is 17.6 Å². The summed E-state index contributed by atoms with van der Waals surface area (Å²) in [6.45, 7) is 9.88. The van der Waals surface area contributed by atoms with Gasteiger partial charge in [-0.2, -0.15) is 0 Å². The van der Waals surface area contributed by atoms with Crippen molar-refractivity contribution in [1.82, 2.24) is 15.5 Å². The van der Waals surface area contributed by atoms with E-state index in [-0.39, 0.29) is 29.8 Å². The van der Waals surface area contributed by atoms with Crippen LogP contribution in [0.4, 0.5) is 10.1 Å². The molecule has 32 heavy (non-hydrogen) atoms. The van der Waals surface area contributed by atoms with E-state index >= 15 is 0 Å². The third-order valence-corrected chi connectivity index (χ3v) is 6.22. The number of guanidine groups is 1. The van der Waals surface area contributed by atoms with Crippen molar-refractivity contribution in [1.29, 1.82) is 0 Å². The fourth-order valence-corrected chi connectivity index (χ4v) is 4.31. The highest BCUT2D eigenvalue weighted by atomic mass is 19.1. The molecule has 2 saturated heterocycles. The Hall–Kier alpha value is -2.35. The summed E-state index contributed by atoms with van der Waals surface area (Å²) in [6, 6.07) is 5.56. The second-order valence-corrected chi connectivity index (χ2v) is 9.10. The van der Waals surface area contributed by atoms with Crippen LogP contribution in [0.5, 0.6) is 0 Å². The van der Waals surface area contributed by atoms with Gasteiger partial charge in [0.2, 0.25) is 5.91 Å². The number of nitrogens with one attached hydrogen (secondary N) is 2. The van der Waals surface area contributed by atoms with Gasteiger partial charge in [0.05, 0.1) is 18.3 Å². The minimum Gasteiger partial charge on any atom is -0.393 e. The molecule has 8 heteroatoms. The van der Waals surface area contributed by atoms with Crippen LogP contribution in [0.3, 0.4) is 0 Å². The van der Waals surface area contributed by atoms with Gasteiger partial charge < -0.3 is 25.5 Å². The highest BCUT2D eigenvalue weighted by Crippen LogP contribution is 2.24. The molecule has 3 N–H and O–H groups in total. The largest absolute Gasteiger partial charge is 0.393 e. The first-order valence-corrected chi connectivity index (χ1v) is 11.9. The van der Waals surface area contributed by atoms with Gasteiger partial charge in [0, 0.05) is 44.7 Å². The van der Waals surface area contributed by atoms with E-state index in [1.807, 2.05) is 42.7 Å². The molecule has 0 bridgehead atoms. The number of aliphatic hydroxyl groups is 1. The summed E-state index contributed by atoms with van der Waals surface area (Å²) in [5.41, 5.74) is 1.41. The van der Waals surface area contributed by atoms with Crippen molar-refractivity contribution in [2.24, 2.45) is 10.9 Å². The topological polar surface area (TPSA) is 80.2 Å². The Morgan fingerprint density at radius 2 is 1.88 bits per heavy atom. The Morgan fingerprint density at radius 3 is 2.47 bits per heavy atom. The maximum absolute atomic E-state index is 14.7. The van der Waals surface area contributed by atoms with Gasteiger partial charge in [-0.1, -0.05) is 19.9 Å². The molecule has 1 aromatic carbocycles. The number of carbonyl (C=O) groups excluding carboxylic acids is 1. The van der Waals surface area contributed by atoms with Crippen LogP contribution in [-0.2, 0) is 11.3 Å². The number of anilines is 1. The first kappa shape index (κ1) is 24.3. The van der Waals surface area contributed by atoms with Crippen LogP contribution in [0.15, 0.2) is 23.2 Å². The predicted octanol–water partition coefficient (Wildman–Crippen LogP) is 2.49. The molecule has 3 rings (SSSR count). The van der Waals surface area contributed by atoms with Crippen LogP contribution in [0.1, 0.15) is 52.0 Å². The number of halogens is 1.